The number of carbonyl (C=O) groups excluding carboxylic acids is 1. The molecule has 1 atom stereocenters. The highest BCUT2D eigenvalue weighted by atomic mass is 19.1. The number of aromatic nitrogens is 4. The predicted molar refractivity (Wildman–Crippen MR) is 111 cm³/mol. The highest BCUT2D eigenvalue weighted by Crippen LogP contribution is 2.27. The van der Waals surface area contributed by atoms with E-state index in [1.54, 1.807) is 25.1 Å². The van der Waals surface area contributed by atoms with Crippen molar-refractivity contribution in [3.63, 3.8) is 0 Å². The number of amides is 1. The molecule has 0 aliphatic carbocycles. The topological polar surface area (TPSA) is 85.8 Å². The third-order valence-electron chi connectivity index (χ3n) is 4.93. The number of rotatable bonds is 5. The van der Waals surface area contributed by atoms with E-state index in [9.17, 15) is 9.18 Å². The van der Waals surface area contributed by atoms with Crippen LogP contribution in [0.4, 0.5) is 4.39 Å². The molecule has 0 bridgehead atoms. The molecule has 4 rings (SSSR count). The summed E-state index contributed by atoms with van der Waals surface area (Å²) in [6.07, 6.45) is 0. The zero-order chi connectivity index (χ0) is 21.4. The number of halogens is 1. The van der Waals surface area contributed by atoms with Crippen LogP contribution in [0, 0.1) is 26.6 Å². The number of hydrogen-bond donors (Lipinski definition) is 1. The van der Waals surface area contributed by atoms with Gasteiger partial charge in [-0.15, -0.1) is 0 Å². The molecule has 0 aliphatic rings. The fourth-order valence-electron chi connectivity index (χ4n) is 3.51. The second kappa shape index (κ2) is 7.70. The fourth-order valence-corrected chi connectivity index (χ4v) is 3.51. The number of fused-ring (bicyclic) bond motifs is 1. The zero-order valence-electron chi connectivity index (χ0n) is 17.2. The Kier molecular flexibility index (Phi) is 5.07. The monoisotopic (exact) mass is 407 g/mol. The van der Waals surface area contributed by atoms with Gasteiger partial charge in [0.15, 0.2) is 0 Å². The maximum Gasteiger partial charge on any atom is 0.259 e. The highest BCUT2D eigenvalue weighted by Gasteiger charge is 2.21. The Labute approximate surface area is 172 Å². The van der Waals surface area contributed by atoms with Gasteiger partial charge < -0.3 is 9.84 Å². The second-order valence-corrected chi connectivity index (χ2v) is 7.49. The molecule has 154 valence electrons. The summed E-state index contributed by atoms with van der Waals surface area (Å²) < 4.78 is 20.5. The molecule has 1 N–H and O–H groups in total. The van der Waals surface area contributed by atoms with Gasteiger partial charge in [-0.05, 0) is 64.1 Å². The minimum Gasteiger partial charge on any atom is -0.348 e. The molecule has 7 nitrogen and oxygen atoms in total. The number of nitrogens with one attached hydrogen (secondary N) is 1. The van der Waals surface area contributed by atoms with Crippen molar-refractivity contribution >= 4 is 17.0 Å². The van der Waals surface area contributed by atoms with Gasteiger partial charge in [0.25, 0.3) is 11.6 Å². The quantitative estimate of drug-likeness (QED) is 0.541. The molecule has 1 unspecified atom stereocenters. The van der Waals surface area contributed by atoms with Crippen LogP contribution in [0.1, 0.15) is 34.4 Å². The van der Waals surface area contributed by atoms with E-state index in [0.717, 1.165) is 11.4 Å². The molecular weight excluding hydrogens is 385 g/mol. The zero-order valence-corrected chi connectivity index (χ0v) is 17.2. The van der Waals surface area contributed by atoms with Gasteiger partial charge in [-0.25, -0.2) is 9.37 Å². The SMILES string of the molecule is Cc1cc(C)n(CC(C)NC(=O)c2cc(-c3ccc(F)cc3)nc3onc(C)c23)n1. The lowest BCUT2D eigenvalue weighted by Crippen LogP contribution is -2.36. The molecule has 3 heterocycles. The maximum atomic E-state index is 13.3. The molecule has 0 saturated heterocycles. The van der Waals surface area contributed by atoms with E-state index in [-0.39, 0.29) is 23.5 Å². The highest BCUT2D eigenvalue weighted by molar-refractivity contribution is 6.07. The largest absolute Gasteiger partial charge is 0.348 e. The Hall–Kier alpha value is -3.55. The van der Waals surface area contributed by atoms with Crippen molar-refractivity contribution in [2.24, 2.45) is 0 Å². The molecular formula is C22H22FN5O2. The van der Waals surface area contributed by atoms with E-state index in [1.807, 2.05) is 31.5 Å². The summed E-state index contributed by atoms with van der Waals surface area (Å²) in [4.78, 5) is 17.6. The van der Waals surface area contributed by atoms with Crippen LogP contribution in [-0.2, 0) is 6.54 Å². The van der Waals surface area contributed by atoms with Crippen molar-refractivity contribution in [3.8, 4) is 11.3 Å². The molecule has 30 heavy (non-hydrogen) atoms. The Morgan fingerprint density at radius 2 is 1.93 bits per heavy atom. The molecule has 8 heteroatoms. The fraction of sp³-hybridized carbons (Fsp3) is 0.273. The molecule has 3 aromatic heterocycles. The molecule has 4 aromatic rings. The van der Waals surface area contributed by atoms with Crippen molar-refractivity contribution in [2.75, 3.05) is 0 Å². The number of pyridine rings is 1. The van der Waals surface area contributed by atoms with Gasteiger partial charge >= 0.3 is 0 Å². The summed E-state index contributed by atoms with van der Waals surface area (Å²) in [5.74, 6) is -0.600. The van der Waals surface area contributed by atoms with Crippen LogP contribution in [0.2, 0.25) is 0 Å². The Bertz CT molecular complexity index is 1230. The lowest BCUT2D eigenvalue weighted by molar-refractivity contribution is 0.0937. The third kappa shape index (κ3) is 3.80. The second-order valence-electron chi connectivity index (χ2n) is 7.49. The minimum absolute atomic E-state index is 0.159. The minimum atomic E-state index is -0.341. The Balaban J connectivity index is 1.66. The first-order valence-electron chi connectivity index (χ1n) is 9.66. The standard InChI is InChI=1S/C22H22FN5O2/c1-12-9-14(3)28(26-12)11-13(2)24-21(29)18-10-19(16-5-7-17(23)8-6-16)25-22-20(18)15(4)27-30-22/h5-10,13H,11H2,1-4H3,(H,24,29). The van der Waals surface area contributed by atoms with Crippen LogP contribution in [-0.4, -0.2) is 31.9 Å². The van der Waals surface area contributed by atoms with Gasteiger partial charge in [-0.2, -0.15) is 5.10 Å². The van der Waals surface area contributed by atoms with Gasteiger partial charge in [0.1, 0.15) is 5.82 Å². The normalized spacial score (nSPS) is 12.3. The van der Waals surface area contributed by atoms with Crippen molar-refractivity contribution in [3.05, 3.63) is 64.9 Å². The van der Waals surface area contributed by atoms with Crippen molar-refractivity contribution in [1.82, 2.24) is 25.2 Å². The summed E-state index contributed by atoms with van der Waals surface area (Å²) in [6, 6.07) is 9.45. The van der Waals surface area contributed by atoms with Gasteiger partial charge in [0.05, 0.1) is 34.6 Å². The Morgan fingerprint density at radius 1 is 1.20 bits per heavy atom. The molecule has 1 amide bonds. The van der Waals surface area contributed by atoms with Crippen molar-refractivity contribution in [2.45, 2.75) is 40.3 Å². The summed E-state index contributed by atoms with van der Waals surface area (Å²) in [6.45, 7) is 8.16. The van der Waals surface area contributed by atoms with Gasteiger partial charge in [0, 0.05) is 17.3 Å². The molecule has 0 saturated carbocycles. The number of benzene rings is 1. The summed E-state index contributed by atoms with van der Waals surface area (Å²) in [5, 5.41) is 12.0. The van der Waals surface area contributed by atoms with Crippen LogP contribution >= 0.6 is 0 Å². The molecule has 1 aromatic carbocycles. The summed E-state index contributed by atoms with van der Waals surface area (Å²) in [7, 11) is 0. The number of nitrogens with zero attached hydrogens (tertiary/aromatic N) is 4. The molecule has 0 fully saturated rings. The lowest BCUT2D eigenvalue weighted by atomic mass is 10.0. The van der Waals surface area contributed by atoms with Crippen molar-refractivity contribution < 1.29 is 13.7 Å². The van der Waals surface area contributed by atoms with E-state index in [2.05, 4.69) is 20.6 Å². The Morgan fingerprint density at radius 3 is 2.60 bits per heavy atom. The smallest absolute Gasteiger partial charge is 0.259 e. The van der Waals surface area contributed by atoms with Crippen LogP contribution in [0.25, 0.3) is 22.4 Å². The average molecular weight is 407 g/mol. The van der Waals surface area contributed by atoms with Crippen molar-refractivity contribution in [1.29, 1.82) is 0 Å². The molecule has 0 aliphatic heterocycles. The first-order valence-corrected chi connectivity index (χ1v) is 9.66. The van der Waals surface area contributed by atoms with Gasteiger partial charge in [0.2, 0.25) is 0 Å². The van der Waals surface area contributed by atoms with Crippen LogP contribution in [0.3, 0.4) is 0 Å². The van der Waals surface area contributed by atoms with Crippen LogP contribution in [0.5, 0.6) is 0 Å². The average Bonchev–Trinajstić information content (AvgIpc) is 3.23. The van der Waals surface area contributed by atoms with E-state index < -0.39 is 0 Å². The molecule has 0 radical (unpaired) electrons. The molecule has 0 spiro atoms. The van der Waals surface area contributed by atoms with E-state index in [4.69, 9.17) is 4.52 Å². The first kappa shape index (κ1) is 19.8. The maximum absolute atomic E-state index is 13.3. The van der Waals surface area contributed by atoms with E-state index in [1.165, 1.54) is 12.1 Å². The van der Waals surface area contributed by atoms with Gasteiger partial charge in [-0.1, -0.05) is 5.16 Å². The third-order valence-corrected chi connectivity index (χ3v) is 4.93. The number of hydrogen-bond acceptors (Lipinski definition) is 5. The summed E-state index contributed by atoms with van der Waals surface area (Å²) in [5.41, 5.74) is 4.43. The van der Waals surface area contributed by atoms with Crippen LogP contribution in [0.15, 0.2) is 40.9 Å². The number of aryl methyl sites for hydroxylation is 3. The predicted octanol–water partition coefficient (Wildman–Crippen LogP) is 3.97. The van der Waals surface area contributed by atoms with Gasteiger partial charge in [-0.3, -0.25) is 9.48 Å². The van der Waals surface area contributed by atoms with Crippen LogP contribution < -0.4 is 5.32 Å². The lowest BCUT2D eigenvalue weighted by Gasteiger charge is -2.16. The number of carbonyl (C=O) groups is 1. The van der Waals surface area contributed by atoms with E-state index >= 15 is 0 Å². The first-order chi connectivity index (χ1) is 14.3. The summed E-state index contributed by atoms with van der Waals surface area (Å²) >= 11 is 0. The van der Waals surface area contributed by atoms with E-state index in [0.29, 0.717) is 34.4 Å².